The van der Waals surface area contributed by atoms with Crippen LogP contribution in [0, 0.1) is 0 Å². The second-order valence-corrected chi connectivity index (χ2v) is 5.39. The van der Waals surface area contributed by atoms with Gasteiger partial charge in [0.1, 0.15) is 17.1 Å². The second-order valence-electron chi connectivity index (χ2n) is 5.39. The molecule has 5 nitrogen and oxygen atoms in total. The summed E-state index contributed by atoms with van der Waals surface area (Å²) in [6.45, 7) is 5.85. The van der Waals surface area contributed by atoms with E-state index in [1.807, 2.05) is 45.1 Å². The molecule has 0 bridgehead atoms. The lowest BCUT2D eigenvalue weighted by Crippen LogP contribution is -2.32. The molecule has 5 heteroatoms. The summed E-state index contributed by atoms with van der Waals surface area (Å²) < 4.78 is 15.6. The van der Waals surface area contributed by atoms with Crippen LogP contribution in [0.3, 0.4) is 0 Å². The fourth-order valence-electron chi connectivity index (χ4n) is 1.60. The zero-order valence-corrected chi connectivity index (χ0v) is 13.2. The van der Waals surface area contributed by atoms with Gasteiger partial charge in [0.05, 0.1) is 14.2 Å². The number of ether oxygens (including phenoxy) is 3. The molecule has 0 saturated heterocycles. The van der Waals surface area contributed by atoms with Crippen LogP contribution in [0.15, 0.2) is 24.3 Å². The second kappa shape index (κ2) is 7.57. The van der Waals surface area contributed by atoms with Gasteiger partial charge in [-0.25, -0.2) is 4.79 Å². The zero-order chi connectivity index (χ0) is 15.9. The highest BCUT2D eigenvalue weighted by Crippen LogP contribution is 2.25. The molecule has 116 valence electrons. The maximum absolute atomic E-state index is 11.5. The number of methoxy groups -OCH3 is 2. The molecule has 0 aliphatic rings. The van der Waals surface area contributed by atoms with E-state index in [2.05, 4.69) is 5.32 Å². The Bertz CT molecular complexity index is 503. The van der Waals surface area contributed by atoms with Gasteiger partial charge in [-0.2, -0.15) is 0 Å². The van der Waals surface area contributed by atoms with Crippen molar-refractivity contribution in [1.29, 1.82) is 0 Å². The van der Waals surface area contributed by atoms with Crippen molar-refractivity contribution in [3.05, 3.63) is 29.8 Å². The van der Waals surface area contributed by atoms with Crippen molar-refractivity contribution in [3.63, 3.8) is 0 Å². The number of nitrogens with one attached hydrogen (secondary N) is 1. The highest BCUT2D eigenvalue weighted by atomic mass is 16.6. The standard InChI is InChI=1S/C16H23NO4/c1-16(2,3)21-15(18)17-10-6-7-12-8-9-13(19-4)11-14(12)20-5/h6-9,11H,10H2,1-5H3,(H,17,18). The minimum absolute atomic E-state index is 0.379. The first-order valence-electron chi connectivity index (χ1n) is 6.71. The van der Waals surface area contributed by atoms with Gasteiger partial charge >= 0.3 is 6.09 Å². The zero-order valence-electron chi connectivity index (χ0n) is 13.2. The Morgan fingerprint density at radius 3 is 2.52 bits per heavy atom. The molecule has 1 N–H and O–H groups in total. The molecule has 0 atom stereocenters. The summed E-state index contributed by atoms with van der Waals surface area (Å²) in [4.78, 5) is 11.5. The Morgan fingerprint density at radius 2 is 1.95 bits per heavy atom. The fraction of sp³-hybridized carbons (Fsp3) is 0.438. The lowest BCUT2D eigenvalue weighted by Gasteiger charge is -2.19. The molecule has 0 aliphatic heterocycles. The molecule has 1 aromatic rings. The Kier molecular flexibility index (Phi) is 6.09. The summed E-state index contributed by atoms with van der Waals surface area (Å²) in [6, 6.07) is 5.55. The predicted octanol–water partition coefficient (Wildman–Crippen LogP) is 3.24. The van der Waals surface area contributed by atoms with Crippen LogP contribution in [-0.4, -0.2) is 32.5 Å². The van der Waals surface area contributed by atoms with Crippen LogP contribution >= 0.6 is 0 Å². The molecule has 1 rings (SSSR count). The lowest BCUT2D eigenvalue weighted by molar-refractivity contribution is 0.0534. The van der Waals surface area contributed by atoms with E-state index in [-0.39, 0.29) is 0 Å². The van der Waals surface area contributed by atoms with Crippen LogP contribution in [0.1, 0.15) is 26.3 Å². The van der Waals surface area contributed by atoms with Crippen molar-refractivity contribution in [2.24, 2.45) is 0 Å². The van der Waals surface area contributed by atoms with E-state index in [9.17, 15) is 4.79 Å². The Morgan fingerprint density at radius 1 is 1.24 bits per heavy atom. The number of hydrogen-bond donors (Lipinski definition) is 1. The first-order chi connectivity index (χ1) is 9.85. The summed E-state index contributed by atoms with van der Waals surface area (Å²) in [7, 11) is 3.21. The molecule has 0 aromatic heterocycles. The predicted molar refractivity (Wildman–Crippen MR) is 82.8 cm³/mol. The molecule has 21 heavy (non-hydrogen) atoms. The first-order valence-corrected chi connectivity index (χ1v) is 6.71. The van der Waals surface area contributed by atoms with Crippen molar-refractivity contribution in [2.45, 2.75) is 26.4 Å². The van der Waals surface area contributed by atoms with Crippen LogP contribution in [0.5, 0.6) is 11.5 Å². The number of benzene rings is 1. The highest BCUT2D eigenvalue weighted by Gasteiger charge is 2.14. The number of hydrogen-bond acceptors (Lipinski definition) is 4. The van der Waals surface area contributed by atoms with Crippen LogP contribution in [0.2, 0.25) is 0 Å². The summed E-state index contributed by atoms with van der Waals surface area (Å²) in [5.74, 6) is 1.44. The summed E-state index contributed by atoms with van der Waals surface area (Å²) >= 11 is 0. The third-order valence-electron chi connectivity index (χ3n) is 2.50. The Labute approximate surface area is 125 Å². The van der Waals surface area contributed by atoms with Gasteiger partial charge in [-0.3, -0.25) is 0 Å². The van der Waals surface area contributed by atoms with E-state index in [4.69, 9.17) is 14.2 Å². The first kappa shape index (κ1) is 16.9. The number of alkyl carbamates (subject to hydrolysis) is 1. The monoisotopic (exact) mass is 293 g/mol. The topological polar surface area (TPSA) is 56.8 Å². The van der Waals surface area contributed by atoms with Gasteiger partial charge in [0.15, 0.2) is 0 Å². The molecular formula is C16H23NO4. The quantitative estimate of drug-likeness (QED) is 0.905. The third-order valence-corrected chi connectivity index (χ3v) is 2.50. The molecule has 0 fully saturated rings. The maximum atomic E-state index is 11.5. The van der Waals surface area contributed by atoms with Gasteiger partial charge in [0, 0.05) is 18.2 Å². The van der Waals surface area contributed by atoms with Gasteiger partial charge in [-0.05, 0) is 32.9 Å². The molecule has 0 aliphatic carbocycles. The van der Waals surface area contributed by atoms with Gasteiger partial charge < -0.3 is 19.5 Å². The lowest BCUT2D eigenvalue weighted by atomic mass is 10.1. The highest BCUT2D eigenvalue weighted by molar-refractivity contribution is 5.68. The number of amides is 1. The van der Waals surface area contributed by atoms with Crippen molar-refractivity contribution < 1.29 is 19.0 Å². The fourth-order valence-corrected chi connectivity index (χ4v) is 1.60. The number of carbonyl (C=O) groups excluding carboxylic acids is 1. The molecule has 0 spiro atoms. The SMILES string of the molecule is COc1ccc(C=CCNC(=O)OC(C)(C)C)c(OC)c1. The largest absolute Gasteiger partial charge is 0.497 e. The van der Waals surface area contributed by atoms with Crippen LogP contribution in [0.25, 0.3) is 6.08 Å². The number of carbonyl (C=O) groups is 1. The normalized spacial score (nSPS) is 11.3. The van der Waals surface area contributed by atoms with Crippen LogP contribution in [0.4, 0.5) is 4.79 Å². The number of rotatable bonds is 5. The van der Waals surface area contributed by atoms with E-state index >= 15 is 0 Å². The van der Waals surface area contributed by atoms with E-state index in [0.717, 1.165) is 11.3 Å². The third kappa shape index (κ3) is 6.21. The van der Waals surface area contributed by atoms with Gasteiger partial charge in [-0.15, -0.1) is 0 Å². The summed E-state index contributed by atoms with van der Waals surface area (Å²) in [6.07, 6.45) is 3.26. The summed E-state index contributed by atoms with van der Waals surface area (Å²) in [5, 5.41) is 2.66. The van der Waals surface area contributed by atoms with E-state index in [0.29, 0.717) is 12.3 Å². The minimum Gasteiger partial charge on any atom is -0.497 e. The van der Waals surface area contributed by atoms with Crippen molar-refractivity contribution in [2.75, 3.05) is 20.8 Å². The Balaban J connectivity index is 2.56. The van der Waals surface area contributed by atoms with E-state index < -0.39 is 11.7 Å². The van der Waals surface area contributed by atoms with Crippen LogP contribution in [-0.2, 0) is 4.74 Å². The average molecular weight is 293 g/mol. The van der Waals surface area contributed by atoms with Crippen molar-refractivity contribution >= 4 is 12.2 Å². The minimum atomic E-state index is -0.493. The molecule has 1 aromatic carbocycles. The average Bonchev–Trinajstić information content (AvgIpc) is 2.41. The molecule has 1 amide bonds. The van der Waals surface area contributed by atoms with Gasteiger partial charge in [-0.1, -0.05) is 12.2 Å². The van der Waals surface area contributed by atoms with Gasteiger partial charge in [0.25, 0.3) is 0 Å². The van der Waals surface area contributed by atoms with E-state index in [1.54, 1.807) is 20.3 Å². The van der Waals surface area contributed by atoms with Crippen LogP contribution < -0.4 is 14.8 Å². The molecule has 0 radical (unpaired) electrons. The smallest absolute Gasteiger partial charge is 0.407 e. The molecule has 0 heterocycles. The van der Waals surface area contributed by atoms with Crippen molar-refractivity contribution in [3.8, 4) is 11.5 Å². The Hall–Kier alpha value is -2.17. The summed E-state index contributed by atoms with van der Waals surface area (Å²) in [5.41, 5.74) is 0.414. The van der Waals surface area contributed by atoms with E-state index in [1.165, 1.54) is 0 Å². The molecule has 0 unspecified atom stereocenters. The maximum Gasteiger partial charge on any atom is 0.407 e. The van der Waals surface area contributed by atoms with Crippen molar-refractivity contribution in [1.82, 2.24) is 5.32 Å². The van der Waals surface area contributed by atoms with Gasteiger partial charge in [0.2, 0.25) is 0 Å². The molecular weight excluding hydrogens is 270 g/mol. The molecule has 0 saturated carbocycles.